The minimum Gasteiger partial charge on any atom is -0.404 e. The van der Waals surface area contributed by atoms with Crippen LogP contribution in [0.15, 0.2) is 18.2 Å². The van der Waals surface area contributed by atoms with Gasteiger partial charge in [0.05, 0.1) is 35.3 Å². The molecule has 2 amide bonds. The van der Waals surface area contributed by atoms with E-state index in [4.69, 9.17) is 37.2 Å². The molecule has 2 aliphatic rings. The molecule has 1 aromatic rings. The SMILES string of the molecule is COCC(NC(=O)c1cc(Cl)ccc1Cl)C(=O)NCB1O[C@@H]2C[C@H](C)C(C)(C)C[C@]2(C)O1. The van der Waals surface area contributed by atoms with E-state index in [0.29, 0.717) is 10.9 Å². The van der Waals surface area contributed by atoms with Gasteiger partial charge in [-0.05, 0) is 49.3 Å². The van der Waals surface area contributed by atoms with Crippen LogP contribution < -0.4 is 10.6 Å². The maximum Gasteiger partial charge on any atom is 0.478 e. The van der Waals surface area contributed by atoms with Gasteiger partial charge in [0.25, 0.3) is 5.91 Å². The van der Waals surface area contributed by atoms with Crippen molar-refractivity contribution in [3.8, 4) is 0 Å². The summed E-state index contributed by atoms with van der Waals surface area (Å²) < 4.78 is 17.5. The number of benzene rings is 1. The van der Waals surface area contributed by atoms with Gasteiger partial charge in [0.1, 0.15) is 6.04 Å². The highest BCUT2D eigenvalue weighted by Gasteiger charge is 2.55. The number of hydrogen-bond acceptors (Lipinski definition) is 5. The van der Waals surface area contributed by atoms with Crippen molar-refractivity contribution in [3.63, 3.8) is 0 Å². The minimum absolute atomic E-state index is 0.00577. The number of halogens is 2. The van der Waals surface area contributed by atoms with Crippen LogP contribution >= 0.6 is 23.2 Å². The molecular weight excluding hydrogens is 454 g/mol. The summed E-state index contributed by atoms with van der Waals surface area (Å²) in [4.78, 5) is 25.4. The molecule has 1 saturated carbocycles. The second-order valence-corrected chi connectivity index (χ2v) is 10.5. The number of carbonyl (C=O) groups excluding carboxylic acids is 2. The van der Waals surface area contributed by atoms with Gasteiger partial charge in [0.15, 0.2) is 0 Å². The van der Waals surface area contributed by atoms with Gasteiger partial charge in [-0.3, -0.25) is 9.59 Å². The van der Waals surface area contributed by atoms with E-state index in [9.17, 15) is 9.59 Å². The fraction of sp³-hybridized carbons (Fsp3) is 0.636. The summed E-state index contributed by atoms with van der Waals surface area (Å²) in [6.45, 7) is 8.82. The summed E-state index contributed by atoms with van der Waals surface area (Å²) in [5.74, 6) is -0.408. The quantitative estimate of drug-likeness (QED) is 0.578. The van der Waals surface area contributed by atoms with Gasteiger partial charge in [0, 0.05) is 12.1 Å². The maximum atomic E-state index is 12.8. The first kappa shape index (κ1) is 25.3. The van der Waals surface area contributed by atoms with Gasteiger partial charge < -0.3 is 24.7 Å². The van der Waals surface area contributed by atoms with Crippen molar-refractivity contribution in [1.82, 2.24) is 10.6 Å². The van der Waals surface area contributed by atoms with E-state index in [1.807, 2.05) is 0 Å². The Morgan fingerprint density at radius 2 is 2.03 bits per heavy atom. The van der Waals surface area contributed by atoms with Crippen molar-refractivity contribution in [1.29, 1.82) is 0 Å². The summed E-state index contributed by atoms with van der Waals surface area (Å²) in [6, 6.07) is 3.65. The van der Waals surface area contributed by atoms with Crippen molar-refractivity contribution >= 4 is 42.1 Å². The summed E-state index contributed by atoms with van der Waals surface area (Å²) in [5, 5.41) is 6.07. The van der Waals surface area contributed by atoms with Crippen molar-refractivity contribution in [2.75, 3.05) is 20.2 Å². The molecule has 1 aliphatic carbocycles. The van der Waals surface area contributed by atoms with E-state index in [-0.39, 0.29) is 40.8 Å². The number of hydrogen-bond donors (Lipinski definition) is 2. The fourth-order valence-electron chi connectivity index (χ4n) is 4.56. The van der Waals surface area contributed by atoms with Gasteiger partial charge in [-0.2, -0.15) is 0 Å². The summed E-state index contributed by atoms with van der Waals surface area (Å²) in [6.07, 6.45) is 1.97. The number of ether oxygens (including phenoxy) is 1. The molecule has 10 heteroatoms. The van der Waals surface area contributed by atoms with E-state index in [1.165, 1.54) is 19.2 Å². The average Bonchev–Trinajstić information content (AvgIpc) is 3.02. The number of fused-ring (bicyclic) bond motifs is 1. The lowest BCUT2D eigenvalue weighted by Gasteiger charge is -2.47. The van der Waals surface area contributed by atoms with E-state index in [2.05, 4.69) is 38.3 Å². The van der Waals surface area contributed by atoms with Crippen LogP contribution in [0.1, 0.15) is 50.9 Å². The van der Waals surface area contributed by atoms with Crippen LogP contribution in [0.5, 0.6) is 0 Å². The normalized spacial score (nSPS) is 27.5. The number of rotatable bonds is 7. The van der Waals surface area contributed by atoms with E-state index >= 15 is 0 Å². The molecule has 0 bridgehead atoms. The molecule has 0 spiro atoms. The van der Waals surface area contributed by atoms with Gasteiger partial charge in [-0.25, -0.2) is 0 Å². The monoisotopic (exact) mass is 484 g/mol. The molecular formula is C22H31BCl2N2O5. The third-order valence-corrected chi connectivity index (χ3v) is 7.24. The van der Waals surface area contributed by atoms with Crippen LogP contribution in [0.3, 0.4) is 0 Å². The zero-order valence-electron chi connectivity index (χ0n) is 19.2. The van der Waals surface area contributed by atoms with Crippen LogP contribution in [-0.4, -0.2) is 56.8 Å². The Balaban J connectivity index is 1.59. The molecule has 3 rings (SSSR count). The molecule has 32 heavy (non-hydrogen) atoms. The summed E-state index contributed by atoms with van der Waals surface area (Å²) in [7, 11) is 0.910. The summed E-state index contributed by atoms with van der Waals surface area (Å²) >= 11 is 12.1. The van der Waals surface area contributed by atoms with Crippen molar-refractivity contribution in [2.45, 2.75) is 58.3 Å². The van der Waals surface area contributed by atoms with Crippen LogP contribution in [0.2, 0.25) is 10.0 Å². The molecule has 1 heterocycles. The molecule has 1 unspecified atom stereocenters. The highest BCUT2D eigenvalue weighted by atomic mass is 35.5. The van der Waals surface area contributed by atoms with Crippen LogP contribution in [0.4, 0.5) is 0 Å². The number of nitrogens with one attached hydrogen (secondary N) is 2. The third-order valence-electron chi connectivity index (χ3n) is 6.68. The fourth-order valence-corrected chi connectivity index (χ4v) is 4.94. The Morgan fingerprint density at radius 1 is 1.31 bits per heavy atom. The number of amides is 2. The second kappa shape index (κ2) is 9.89. The van der Waals surface area contributed by atoms with Gasteiger partial charge >= 0.3 is 7.12 Å². The molecule has 4 atom stereocenters. The Labute approximate surface area is 200 Å². The van der Waals surface area contributed by atoms with Crippen molar-refractivity contribution < 1.29 is 23.6 Å². The predicted octanol–water partition coefficient (Wildman–Crippen LogP) is 3.51. The Bertz CT molecular complexity index is 871. The highest BCUT2D eigenvalue weighted by Crippen LogP contribution is 2.50. The van der Waals surface area contributed by atoms with Crippen LogP contribution in [-0.2, 0) is 18.8 Å². The van der Waals surface area contributed by atoms with Crippen LogP contribution in [0, 0.1) is 11.3 Å². The van der Waals surface area contributed by atoms with Crippen molar-refractivity contribution in [3.05, 3.63) is 33.8 Å². The van der Waals surface area contributed by atoms with E-state index in [0.717, 1.165) is 12.8 Å². The predicted molar refractivity (Wildman–Crippen MR) is 125 cm³/mol. The molecule has 2 fully saturated rings. The first-order valence-electron chi connectivity index (χ1n) is 10.8. The summed E-state index contributed by atoms with van der Waals surface area (Å²) in [5.41, 5.74) is -0.0406. The van der Waals surface area contributed by atoms with Crippen molar-refractivity contribution in [2.24, 2.45) is 11.3 Å². The second-order valence-electron chi connectivity index (χ2n) is 9.64. The Hall–Kier alpha value is -1.32. The Kier molecular flexibility index (Phi) is 7.83. The number of methoxy groups -OCH3 is 1. The first-order valence-corrected chi connectivity index (χ1v) is 11.6. The van der Waals surface area contributed by atoms with Gasteiger partial charge in [-0.1, -0.05) is 44.0 Å². The van der Waals surface area contributed by atoms with Gasteiger partial charge in [-0.15, -0.1) is 0 Å². The molecule has 1 saturated heterocycles. The maximum absolute atomic E-state index is 12.8. The highest BCUT2D eigenvalue weighted by molar-refractivity contribution is 6.46. The molecule has 1 aromatic carbocycles. The molecule has 0 aromatic heterocycles. The van der Waals surface area contributed by atoms with E-state index < -0.39 is 25.0 Å². The Morgan fingerprint density at radius 3 is 2.72 bits per heavy atom. The smallest absolute Gasteiger partial charge is 0.404 e. The lowest BCUT2D eigenvalue weighted by atomic mass is 9.63. The largest absolute Gasteiger partial charge is 0.478 e. The lowest BCUT2D eigenvalue weighted by molar-refractivity contribution is -0.124. The molecule has 1 aliphatic heterocycles. The third kappa shape index (κ3) is 5.60. The molecule has 0 radical (unpaired) electrons. The average molecular weight is 485 g/mol. The topological polar surface area (TPSA) is 85.9 Å². The molecule has 2 N–H and O–H groups in total. The zero-order chi connectivity index (χ0) is 23.7. The van der Waals surface area contributed by atoms with Crippen LogP contribution in [0.25, 0.3) is 0 Å². The van der Waals surface area contributed by atoms with E-state index in [1.54, 1.807) is 6.07 Å². The number of carbonyl (C=O) groups is 2. The lowest BCUT2D eigenvalue weighted by Crippen LogP contribution is -2.51. The molecule has 7 nitrogen and oxygen atoms in total. The molecule has 176 valence electrons. The minimum atomic E-state index is -0.916. The standard InChI is InChI=1S/C22H31BCl2N2O5/c1-13-8-18-22(4,11-21(13,2)3)32-23(31-18)12-26-20(29)17(10-30-5)27-19(28)15-9-14(24)6-7-16(15)25/h6-7,9,13,17-18H,8,10-12H2,1-5H3,(H,26,29)(H,27,28)/t13-,17?,18+,22-/m0/s1. The zero-order valence-corrected chi connectivity index (χ0v) is 20.7. The first-order chi connectivity index (χ1) is 14.9. The van der Waals surface area contributed by atoms with Gasteiger partial charge in [0.2, 0.25) is 5.91 Å².